The first-order valence-corrected chi connectivity index (χ1v) is 6.21. The van der Waals surface area contributed by atoms with Crippen LogP contribution in [-0.2, 0) is 0 Å². The van der Waals surface area contributed by atoms with Gasteiger partial charge >= 0.3 is 5.69 Å². The maximum atomic E-state index is 10.9. The molecule has 1 aliphatic carbocycles. The highest BCUT2D eigenvalue weighted by atomic mass is 16.6. The smallest absolute Gasteiger partial charge is 0.311 e. The van der Waals surface area contributed by atoms with E-state index in [0.29, 0.717) is 5.56 Å². The number of hydrogen-bond donors (Lipinski definition) is 1. The molecule has 19 heavy (non-hydrogen) atoms. The van der Waals surface area contributed by atoms with E-state index in [-0.39, 0.29) is 23.6 Å². The zero-order valence-electron chi connectivity index (χ0n) is 10.4. The molecular formula is C13H15N3O3. The van der Waals surface area contributed by atoms with Crippen molar-refractivity contribution < 1.29 is 9.66 Å². The SMILES string of the molecule is N#Cc1ccc([N+](=O)[O-])c(OC2CCC(N)CC2)c1. The minimum Gasteiger partial charge on any atom is -0.483 e. The predicted octanol–water partition coefficient (Wildman–Crippen LogP) is 2.12. The molecule has 0 amide bonds. The standard InChI is InChI=1S/C13H15N3O3/c14-8-9-1-6-12(16(17)18)13(7-9)19-11-4-2-10(15)3-5-11/h1,6-7,10-11H,2-5,15H2. The molecule has 0 radical (unpaired) electrons. The van der Waals surface area contributed by atoms with Gasteiger partial charge < -0.3 is 10.5 Å². The molecular weight excluding hydrogens is 246 g/mol. The number of nitrogens with zero attached hydrogens (tertiary/aromatic N) is 2. The van der Waals surface area contributed by atoms with Crippen LogP contribution in [0.4, 0.5) is 5.69 Å². The summed E-state index contributed by atoms with van der Waals surface area (Å²) in [5.74, 6) is 0.171. The van der Waals surface area contributed by atoms with Gasteiger partial charge in [0.15, 0.2) is 5.75 Å². The van der Waals surface area contributed by atoms with Crippen LogP contribution in [0.15, 0.2) is 18.2 Å². The Morgan fingerprint density at radius 1 is 1.37 bits per heavy atom. The number of ether oxygens (including phenoxy) is 1. The van der Waals surface area contributed by atoms with Gasteiger partial charge in [-0.05, 0) is 31.7 Å². The number of nitriles is 1. The summed E-state index contributed by atoms with van der Waals surface area (Å²) in [6.45, 7) is 0. The van der Waals surface area contributed by atoms with Crippen LogP contribution in [0.2, 0.25) is 0 Å². The summed E-state index contributed by atoms with van der Waals surface area (Å²) < 4.78 is 5.69. The molecule has 0 aromatic heterocycles. The molecule has 6 nitrogen and oxygen atoms in total. The third-order valence-corrected chi connectivity index (χ3v) is 3.30. The summed E-state index contributed by atoms with van der Waals surface area (Å²) in [6, 6.07) is 6.30. The number of rotatable bonds is 3. The maximum absolute atomic E-state index is 10.9. The fraction of sp³-hybridized carbons (Fsp3) is 0.462. The summed E-state index contributed by atoms with van der Waals surface area (Å²) in [5.41, 5.74) is 6.06. The van der Waals surface area contributed by atoms with Crippen molar-refractivity contribution in [2.75, 3.05) is 0 Å². The van der Waals surface area contributed by atoms with Crippen LogP contribution in [0.3, 0.4) is 0 Å². The lowest BCUT2D eigenvalue weighted by atomic mass is 9.94. The second kappa shape index (κ2) is 5.67. The molecule has 1 saturated carbocycles. The van der Waals surface area contributed by atoms with E-state index in [0.717, 1.165) is 25.7 Å². The van der Waals surface area contributed by atoms with Crippen LogP contribution in [0.1, 0.15) is 31.2 Å². The second-order valence-electron chi connectivity index (χ2n) is 4.71. The lowest BCUT2D eigenvalue weighted by Gasteiger charge is -2.26. The van der Waals surface area contributed by atoms with Gasteiger partial charge in [0, 0.05) is 18.2 Å². The first kappa shape index (κ1) is 13.3. The van der Waals surface area contributed by atoms with Crippen molar-refractivity contribution in [2.45, 2.75) is 37.8 Å². The molecule has 100 valence electrons. The Kier molecular flexibility index (Phi) is 3.97. The van der Waals surface area contributed by atoms with Gasteiger partial charge in [-0.25, -0.2) is 0 Å². The number of hydrogen-bond acceptors (Lipinski definition) is 5. The maximum Gasteiger partial charge on any atom is 0.311 e. The van der Waals surface area contributed by atoms with Gasteiger partial charge in [-0.3, -0.25) is 10.1 Å². The Bertz CT molecular complexity index is 516. The zero-order valence-corrected chi connectivity index (χ0v) is 10.4. The number of nitro groups is 1. The van der Waals surface area contributed by atoms with Gasteiger partial charge in [0.05, 0.1) is 22.7 Å². The van der Waals surface area contributed by atoms with Crippen molar-refractivity contribution in [3.63, 3.8) is 0 Å². The molecule has 1 aromatic rings. The molecule has 0 heterocycles. The molecule has 1 aliphatic rings. The van der Waals surface area contributed by atoms with Crippen molar-refractivity contribution in [3.05, 3.63) is 33.9 Å². The van der Waals surface area contributed by atoms with E-state index in [1.807, 2.05) is 6.07 Å². The molecule has 0 bridgehead atoms. The van der Waals surface area contributed by atoms with E-state index < -0.39 is 4.92 Å². The van der Waals surface area contributed by atoms with Crippen LogP contribution >= 0.6 is 0 Å². The van der Waals surface area contributed by atoms with Crippen molar-refractivity contribution in [2.24, 2.45) is 5.73 Å². The Morgan fingerprint density at radius 3 is 2.63 bits per heavy atom. The third-order valence-electron chi connectivity index (χ3n) is 3.30. The second-order valence-corrected chi connectivity index (χ2v) is 4.71. The minimum absolute atomic E-state index is 0.0626. The van der Waals surface area contributed by atoms with Gasteiger partial charge in [-0.15, -0.1) is 0 Å². The van der Waals surface area contributed by atoms with Crippen molar-refractivity contribution in [3.8, 4) is 11.8 Å². The molecule has 0 atom stereocenters. The molecule has 0 saturated heterocycles. The number of nitro benzene ring substituents is 1. The lowest BCUT2D eigenvalue weighted by molar-refractivity contribution is -0.386. The Morgan fingerprint density at radius 2 is 2.05 bits per heavy atom. The van der Waals surface area contributed by atoms with Gasteiger partial charge in [-0.1, -0.05) is 0 Å². The molecule has 0 aliphatic heterocycles. The minimum atomic E-state index is -0.495. The summed E-state index contributed by atoms with van der Waals surface area (Å²) in [5, 5.41) is 19.8. The monoisotopic (exact) mass is 261 g/mol. The van der Waals surface area contributed by atoms with Crippen LogP contribution < -0.4 is 10.5 Å². The molecule has 2 N–H and O–H groups in total. The average Bonchev–Trinajstić information content (AvgIpc) is 2.41. The van der Waals surface area contributed by atoms with Crippen molar-refractivity contribution in [1.29, 1.82) is 5.26 Å². The molecule has 1 fully saturated rings. The Balaban J connectivity index is 2.18. The third kappa shape index (κ3) is 3.20. The Labute approximate surface area is 110 Å². The van der Waals surface area contributed by atoms with Gasteiger partial charge in [0.2, 0.25) is 0 Å². The molecule has 0 spiro atoms. The predicted molar refractivity (Wildman–Crippen MR) is 68.7 cm³/mol. The molecule has 1 aromatic carbocycles. The fourth-order valence-electron chi connectivity index (χ4n) is 2.21. The van der Waals surface area contributed by atoms with Gasteiger partial charge in [0.25, 0.3) is 0 Å². The van der Waals surface area contributed by atoms with Crippen LogP contribution in [0.5, 0.6) is 5.75 Å². The highest BCUT2D eigenvalue weighted by Gasteiger charge is 2.23. The van der Waals surface area contributed by atoms with E-state index >= 15 is 0 Å². The topological polar surface area (TPSA) is 102 Å². The number of nitrogens with two attached hydrogens (primary N) is 1. The summed E-state index contributed by atoms with van der Waals surface area (Å²) in [7, 11) is 0. The average molecular weight is 261 g/mol. The highest BCUT2D eigenvalue weighted by Crippen LogP contribution is 2.31. The molecule has 6 heteroatoms. The first-order valence-electron chi connectivity index (χ1n) is 6.21. The van der Waals surface area contributed by atoms with E-state index in [2.05, 4.69) is 0 Å². The van der Waals surface area contributed by atoms with E-state index in [1.54, 1.807) is 0 Å². The summed E-state index contributed by atoms with van der Waals surface area (Å²) in [6.07, 6.45) is 3.23. The van der Waals surface area contributed by atoms with Crippen LogP contribution in [-0.4, -0.2) is 17.1 Å². The number of benzene rings is 1. The van der Waals surface area contributed by atoms with Crippen LogP contribution in [0.25, 0.3) is 0 Å². The van der Waals surface area contributed by atoms with Crippen molar-refractivity contribution >= 4 is 5.69 Å². The fourth-order valence-corrected chi connectivity index (χ4v) is 2.21. The Hall–Kier alpha value is -2.13. The quantitative estimate of drug-likeness (QED) is 0.663. The van der Waals surface area contributed by atoms with Gasteiger partial charge in [0.1, 0.15) is 0 Å². The lowest BCUT2D eigenvalue weighted by Crippen LogP contribution is -2.31. The highest BCUT2D eigenvalue weighted by molar-refractivity contribution is 5.51. The van der Waals surface area contributed by atoms with E-state index in [1.165, 1.54) is 18.2 Å². The first-order chi connectivity index (χ1) is 9.10. The van der Waals surface area contributed by atoms with Crippen LogP contribution in [0, 0.1) is 21.4 Å². The zero-order chi connectivity index (χ0) is 13.8. The van der Waals surface area contributed by atoms with Crippen molar-refractivity contribution in [1.82, 2.24) is 0 Å². The molecule has 2 rings (SSSR count). The largest absolute Gasteiger partial charge is 0.483 e. The van der Waals surface area contributed by atoms with E-state index in [4.69, 9.17) is 15.7 Å². The van der Waals surface area contributed by atoms with Gasteiger partial charge in [-0.2, -0.15) is 5.26 Å². The van der Waals surface area contributed by atoms with E-state index in [9.17, 15) is 10.1 Å². The molecule has 0 unspecified atom stereocenters. The normalized spacial score (nSPS) is 22.5. The summed E-state index contributed by atoms with van der Waals surface area (Å²) >= 11 is 0. The summed E-state index contributed by atoms with van der Waals surface area (Å²) in [4.78, 5) is 10.4.